The van der Waals surface area contributed by atoms with E-state index in [2.05, 4.69) is 11.4 Å². The summed E-state index contributed by atoms with van der Waals surface area (Å²) >= 11 is 1.36. The number of hydrogen-bond acceptors (Lipinski definition) is 3. The van der Waals surface area contributed by atoms with Gasteiger partial charge in [0, 0.05) is 16.7 Å². The number of nitrogens with zero attached hydrogens (tertiary/aromatic N) is 1. The number of rotatable bonds is 5. The second-order valence-electron chi connectivity index (χ2n) is 4.46. The Hall–Kier alpha value is -1.05. The number of thioether (sulfide) groups is 1. The van der Waals surface area contributed by atoms with Crippen LogP contribution >= 0.6 is 11.8 Å². The van der Waals surface area contributed by atoms with E-state index in [1.165, 1.54) is 17.8 Å². The van der Waals surface area contributed by atoms with Crippen molar-refractivity contribution in [3.63, 3.8) is 0 Å². The lowest BCUT2D eigenvalue weighted by atomic mass is 10.1. The summed E-state index contributed by atoms with van der Waals surface area (Å²) in [6.07, 6.45) is 0. The molecule has 1 rings (SSSR count). The van der Waals surface area contributed by atoms with Crippen molar-refractivity contribution in [2.24, 2.45) is 0 Å². The van der Waals surface area contributed by atoms with Gasteiger partial charge in [-0.1, -0.05) is 12.1 Å². The van der Waals surface area contributed by atoms with Gasteiger partial charge in [-0.05, 0) is 32.9 Å². The van der Waals surface area contributed by atoms with Crippen molar-refractivity contribution in [2.75, 3.05) is 5.75 Å². The Morgan fingerprint density at radius 1 is 1.47 bits per heavy atom. The lowest BCUT2D eigenvalue weighted by molar-refractivity contribution is 0.443. The molecule has 1 aromatic carbocycles. The average Bonchev–Trinajstić information content (AvgIpc) is 2.27. The molecule has 0 aliphatic carbocycles. The van der Waals surface area contributed by atoms with Crippen molar-refractivity contribution in [2.45, 2.75) is 37.2 Å². The Labute approximate surface area is 106 Å². The summed E-state index contributed by atoms with van der Waals surface area (Å²) in [4.78, 5) is 0.583. The van der Waals surface area contributed by atoms with E-state index in [-0.39, 0.29) is 11.9 Å². The van der Waals surface area contributed by atoms with Crippen LogP contribution in [0.5, 0.6) is 0 Å². The van der Waals surface area contributed by atoms with Crippen LogP contribution in [0.2, 0.25) is 0 Å². The molecule has 0 aromatic heterocycles. The molecule has 0 amide bonds. The highest BCUT2D eigenvalue weighted by Gasteiger charge is 2.24. The molecule has 4 heteroatoms. The number of nitrogens with one attached hydrogen (secondary N) is 1. The van der Waals surface area contributed by atoms with Crippen LogP contribution in [0.1, 0.15) is 20.8 Å². The van der Waals surface area contributed by atoms with E-state index < -0.39 is 5.54 Å². The number of halogens is 1. The number of hydrogen-bond donors (Lipinski definition) is 1. The van der Waals surface area contributed by atoms with E-state index in [1.54, 1.807) is 18.2 Å². The van der Waals surface area contributed by atoms with Crippen LogP contribution in [-0.4, -0.2) is 17.3 Å². The summed E-state index contributed by atoms with van der Waals surface area (Å²) in [5.41, 5.74) is -0.638. The molecule has 0 spiro atoms. The van der Waals surface area contributed by atoms with Crippen molar-refractivity contribution < 1.29 is 4.39 Å². The predicted octanol–water partition coefficient (Wildman–Crippen LogP) is 3.20. The first kappa shape index (κ1) is 14.0. The van der Waals surface area contributed by atoms with E-state index in [0.29, 0.717) is 10.6 Å². The van der Waals surface area contributed by atoms with Crippen molar-refractivity contribution in [3.8, 4) is 6.07 Å². The van der Waals surface area contributed by atoms with Crippen molar-refractivity contribution in [3.05, 3.63) is 30.1 Å². The Morgan fingerprint density at radius 3 is 2.65 bits per heavy atom. The molecule has 1 unspecified atom stereocenters. The van der Waals surface area contributed by atoms with Crippen molar-refractivity contribution >= 4 is 11.8 Å². The Kier molecular flexibility index (Phi) is 4.98. The quantitative estimate of drug-likeness (QED) is 0.817. The molecule has 1 N–H and O–H groups in total. The molecular weight excluding hydrogens is 235 g/mol. The van der Waals surface area contributed by atoms with Gasteiger partial charge < -0.3 is 0 Å². The SMILES string of the molecule is CC(C)NC(C)(C#N)CSc1ccccc1F. The Bertz CT molecular complexity index is 414. The molecule has 0 bridgehead atoms. The van der Waals surface area contributed by atoms with Crippen LogP contribution in [0, 0.1) is 17.1 Å². The van der Waals surface area contributed by atoms with Crippen molar-refractivity contribution in [1.82, 2.24) is 5.32 Å². The Balaban J connectivity index is 2.66. The van der Waals surface area contributed by atoms with Gasteiger partial charge in [-0.3, -0.25) is 5.32 Å². The monoisotopic (exact) mass is 252 g/mol. The molecule has 0 fully saturated rings. The highest BCUT2D eigenvalue weighted by molar-refractivity contribution is 7.99. The van der Waals surface area contributed by atoms with Gasteiger partial charge in [0.05, 0.1) is 6.07 Å². The lowest BCUT2D eigenvalue weighted by Gasteiger charge is -2.25. The van der Waals surface area contributed by atoms with Gasteiger partial charge in [-0.2, -0.15) is 5.26 Å². The van der Waals surface area contributed by atoms with E-state index in [4.69, 9.17) is 5.26 Å². The highest BCUT2D eigenvalue weighted by atomic mass is 32.2. The average molecular weight is 252 g/mol. The van der Waals surface area contributed by atoms with Crippen LogP contribution < -0.4 is 5.32 Å². The van der Waals surface area contributed by atoms with Crippen LogP contribution in [0.25, 0.3) is 0 Å². The standard InChI is InChI=1S/C13H17FN2S/c1-10(2)16-13(3,8-15)9-17-12-7-5-4-6-11(12)14/h4-7,10,16H,9H2,1-3H3. The zero-order valence-electron chi connectivity index (χ0n) is 10.3. The van der Waals surface area contributed by atoms with E-state index >= 15 is 0 Å². The first-order valence-corrected chi connectivity index (χ1v) is 6.52. The van der Waals surface area contributed by atoms with E-state index in [9.17, 15) is 4.39 Å². The molecule has 1 atom stereocenters. The van der Waals surface area contributed by atoms with Crippen LogP contribution in [0.3, 0.4) is 0 Å². The number of benzene rings is 1. The maximum absolute atomic E-state index is 13.4. The first-order chi connectivity index (χ1) is 7.97. The zero-order valence-corrected chi connectivity index (χ0v) is 11.1. The molecule has 0 aliphatic rings. The third-order valence-electron chi connectivity index (χ3n) is 2.21. The summed E-state index contributed by atoms with van der Waals surface area (Å²) in [7, 11) is 0. The van der Waals surface area contributed by atoms with Gasteiger partial charge in [0.2, 0.25) is 0 Å². The maximum Gasteiger partial charge on any atom is 0.136 e. The van der Waals surface area contributed by atoms with E-state index in [0.717, 1.165) is 0 Å². The molecular formula is C13H17FN2S. The number of nitriles is 1. The molecule has 0 heterocycles. The van der Waals surface area contributed by atoms with E-state index in [1.807, 2.05) is 20.8 Å². The zero-order chi connectivity index (χ0) is 12.9. The molecule has 2 nitrogen and oxygen atoms in total. The maximum atomic E-state index is 13.4. The summed E-state index contributed by atoms with van der Waals surface area (Å²) in [6, 6.07) is 9.09. The first-order valence-electron chi connectivity index (χ1n) is 5.53. The second kappa shape index (κ2) is 6.04. The lowest BCUT2D eigenvalue weighted by Crippen LogP contribution is -2.47. The molecule has 0 radical (unpaired) electrons. The summed E-state index contributed by atoms with van der Waals surface area (Å²) in [5, 5.41) is 12.4. The normalized spacial score (nSPS) is 14.4. The van der Waals surface area contributed by atoms with Gasteiger partial charge in [-0.25, -0.2) is 4.39 Å². The molecule has 17 heavy (non-hydrogen) atoms. The second-order valence-corrected chi connectivity index (χ2v) is 5.48. The molecule has 0 saturated heterocycles. The fourth-order valence-electron chi connectivity index (χ4n) is 1.53. The van der Waals surface area contributed by atoms with Crippen LogP contribution in [0.4, 0.5) is 4.39 Å². The molecule has 0 saturated carbocycles. The molecule has 92 valence electrons. The minimum Gasteiger partial charge on any atom is -0.297 e. The van der Waals surface area contributed by atoms with Gasteiger partial charge in [0.15, 0.2) is 0 Å². The highest BCUT2D eigenvalue weighted by Crippen LogP contribution is 2.25. The van der Waals surface area contributed by atoms with Crippen LogP contribution in [-0.2, 0) is 0 Å². The minimum atomic E-state index is -0.638. The van der Waals surface area contributed by atoms with Crippen molar-refractivity contribution in [1.29, 1.82) is 5.26 Å². The summed E-state index contributed by atoms with van der Waals surface area (Å²) in [5.74, 6) is 0.283. The minimum absolute atomic E-state index is 0.223. The summed E-state index contributed by atoms with van der Waals surface area (Å²) in [6.45, 7) is 5.81. The van der Waals surface area contributed by atoms with Gasteiger partial charge in [-0.15, -0.1) is 11.8 Å². The predicted molar refractivity (Wildman–Crippen MR) is 69.4 cm³/mol. The Morgan fingerprint density at radius 2 is 2.12 bits per heavy atom. The third kappa shape index (κ3) is 4.37. The largest absolute Gasteiger partial charge is 0.297 e. The van der Waals surface area contributed by atoms with Gasteiger partial charge in [0.1, 0.15) is 11.4 Å². The van der Waals surface area contributed by atoms with Crippen LogP contribution in [0.15, 0.2) is 29.2 Å². The summed E-state index contributed by atoms with van der Waals surface area (Å²) < 4.78 is 13.4. The molecule has 1 aromatic rings. The third-order valence-corrected chi connectivity index (χ3v) is 3.57. The van der Waals surface area contributed by atoms with Gasteiger partial charge in [0.25, 0.3) is 0 Å². The van der Waals surface area contributed by atoms with Gasteiger partial charge >= 0.3 is 0 Å². The topological polar surface area (TPSA) is 35.8 Å². The fraction of sp³-hybridized carbons (Fsp3) is 0.462. The smallest absolute Gasteiger partial charge is 0.136 e. The molecule has 0 aliphatic heterocycles. The fourth-order valence-corrected chi connectivity index (χ4v) is 2.50.